The lowest BCUT2D eigenvalue weighted by Crippen LogP contribution is -2.35. The highest BCUT2D eigenvalue weighted by Gasteiger charge is 2.16. The van der Waals surface area contributed by atoms with Crippen LogP contribution in [0.3, 0.4) is 0 Å². The number of amides is 3. The minimum atomic E-state index is -0.297. The maximum atomic E-state index is 12.1. The third-order valence-corrected chi connectivity index (χ3v) is 5.21. The third-order valence-electron chi connectivity index (χ3n) is 4.69. The summed E-state index contributed by atoms with van der Waals surface area (Å²) < 4.78 is 6.36. The van der Waals surface area contributed by atoms with Gasteiger partial charge in [-0.25, -0.2) is 4.79 Å². The summed E-state index contributed by atoms with van der Waals surface area (Å²) in [6.07, 6.45) is 2.31. The predicted octanol–water partition coefficient (Wildman–Crippen LogP) is 4.35. The third kappa shape index (κ3) is 6.96. The van der Waals surface area contributed by atoms with Gasteiger partial charge >= 0.3 is 6.03 Å². The van der Waals surface area contributed by atoms with Gasteiger partial charge in [-0.05, 0) is 49.2 Å². The van der Waals surface area contributed by atoms with Crippen LogP contribution in [0.1, 0.15) is 36.0 Å². The van der Waals surface area contributed by atoms with Crippen molar-refractivity contribution >= 4 is 45.0 Å². The molecule has 158 valence electrons. The Morgan fingerprint density at radius 2 is 1.60 bits per heavy atom. The lowest BCUT2D eigenvalue weighted by Gasteiger charge is -2.12. The highest BCUT2D eigenvalue weighted by molar-refractivity contribution is 9.10. The van der Waals surface area contributed by atoms with Crippen molar-refractivity contribution in [3.05, 3.63) is 58.6 Å². The molecule has 7 nitrogen and oxygen atoms in total. The van der Waals surface area contributed by atoms with Crippen molar-refractivity contribution in [2.75, 3.05) is 23.8 Å². The van der Waals surface area contributed by atoms with E-state index in [1.807, 2.05) is 0 Å². The first-order valence-electron chi connectivity index (χ1n) is 9.85. The molecule has 1 atom stereocenters. The van der Waals surface area contributed by atoms with Crippen molar-refractivity contribution in [2.45, 2.75) is 31.8 Å². The molecule has 3 rings (SSSR count). The van der Waals surface area contributed by atoms with Gasteiger partial charge in [-0.1, -0.05) is 28.1 Å². The molecule has 1 heterocycles. The van der Waals surface area contributed by atoms with Crippen LogP contribution < -0.4 is 16.0 Å². The summed E-state index contributed by atoms with van der Waals surface area (Å²) in [5, 5.41) is 8.28. The van der Waals surface area contributed by atoms with E-state index in [0.29, 0.717) is 23.5 Å². The molecule has 3 amide bonds. The van der Waals surface area contributed by atoms with Crippen molar-refractivity contribution in [3.8, 4) is 0 Å². The number of carbonyl (C=O) groups is 3. The van der Waals surface area contributed by atoms with Crippen molar-refractivity contribution < 1.29 is 19.1 Å². The number of ketones is 1. The summed E-state index contributed by atoms with van der Waals surface area (Å²) in [6, 6.07) is 13.6. The van der Waals surface area contributed by atoms with Gasteiger partial charge in [-0.2, -0.15) is 0 Å². The molecule has 1 aliphatic heterocycles. The molecular weight excluding hydrogens is 450 g/mol. The molecule has 1 aliphatic rings. The number of Topliss-reactive ketones (excluding diaryl/α,β-unsaturated/α-hetero) is 1. The molecule has 3 N–H and O–H groups in total. The van der Waals surface area contributed by atoms with Gasteiger partial charge in [-0.15, -0.1) is 0 Å². The molecule has 0 aromatic heterocycles. The molecule has 0 aliphatic carbocycles. The fourth-order valence-corrected chi connectivity index (χ4v) is 3.32. The van der Waals surface area contributed by atoms with E-state index in [1.54, 1.807) is 48.5 Å². The first-order chi connectivity index (χ1) is 14.5. The zero-order valence-corrected chi connectivity index (χ0v) is 18.0. The van der Waals surface area contributed by atoms with E-state index in [2.05, 4.69) is 31.9 Å². The maximum absolute atomic E-state index is 12.1. The Morgan fingerprint density at radius 3 is 2.23 bits per heavy atom. The standard InChI is InChI=1S/C22H24BrN3O4/c23-16-5-3-15(4-6-16)20(27)11-12-21(28)25-17-7-9-18(10-8-17)26-22(29)24-14-19-2-1-13-30-19/h3-10,19H,1-2,11-14H2,(H,25,28)(H2,24,26,29). The monoisotopic (exact) mass is 473 g/mol. The van der Waals surface area contributed by atoms with Gasteiger partial charge < -0.3 is 20.7 Å². The van der Waals surface area contributed by atoms with Crippen LogP contribution in [0.5, 0.6) is 0 Å². The second kappa shape index (κ2) is 10.9. The number of benzene rings is 2. The molecule has 0 radical (unpaired) electrons. The van der Waals surface area contributed by atoms with E-state index >= 15 is 0 Å². The molecule has 2 aromatic rings. The number of anilines is 2. The normalized spacial score (nSPS) is 15.4. The molecule has 1 fully saturated rings. The summed E-state index contributed by atoms with van der Waals surface area (Å²) in [5.41, 5.74) is 1.80. The summed E-state index contributed by atoms with van der Waals surface area (Å²) in [5.74, 6) is -0.318. The van der Waals surface area contributed by atoms with Crippen LogP contribution in [0, 0.1) is 0 Å². The summed E-state index contributed by atoms with van der Waals surface area (Å²) in [7, 11) is 0. The highest BCUT2D eigenvalue weighted by atomic mass is 79.9. The number of hydrogen-bond acceptors (Lipinski definition) is 4. The zero-order chi connectivity index (χ0) is 21.3. The fourth-order valence-electron chi connectivity index (χ4n) is 3.05. The summed E-state index contributed by atoms with van der Waals surface area (Å²) in [4.78, 5) is 36.2. The Morgan fingerprint density at radius 1 is 0.933 bits per heavy atom. The van der Waals surface area contributed by atoms with Gasteiger partial charge in [0.2, 0.25) is 5.91 Å². The van der Waals surface area contributed by atoms with Crippen molar-refractivity contribution in [1.29, 1.82) is 0 Å². The number of ether oxygens (including phenoxy) is 1. The second-order valence-corrected chi connectivity index (χ2v) is 7.94. The van der Waals surface area contributed by atoms with Crippen LogP contribution in [0.4, 0.5) is 16.2 Å². The van der Waals surface area contributed by atoms with Crippen LogP contribution in [0.25, 0.3) is 0 Å². The highest BCUT2D eigenvalue weighted by Crippen LogP contribution is 2.16. The number of rotatable bonds is 8. The predicted molar refractivity (Wildman–Crippen MR) is 119 cm³/mol. The van der Waals surface area contributed by atoms with E-state index in [-0.39, 0.29) is 36.7 Å². The molecule has 2 aromatic carbocycles. The first-order valence-corrected chi connectivity index (χ1v) is 10.6. The van der Waals surface area contributed by atoms with Crippen LogP contribution in [-0.2, 0) is 9.53 Å². The molecule has 30 heavy (non-hydrogen) atoms. The van der Waals surface area contributed by atoms with E-state index in [1.165, 1.54) is 0 Å². The molecule has 1 unspecified atom stereocenters. The minimum Gasteiger partial charge on any atom is -0.376 e. The Labute approximate surface area is 183 Å². The number of halogens is 1. The molecule has 0 bridgehead atoms. The van der Waals surface area contributed by atoms with Gasteiger partial charge in [0.15, 0.2) is 5.78 Å². The fraction of sp³-hybridized carbons (Fsp3) is 0.318. The van der Waals surface area contributed by atoms with E-state index < -0.39 is 0 Å². The van der Waals surface area contributed by atoms with Crippen molar-refractivity contribution in [3.63, 3.8) is 0 Å². The Hall–Kier alpha value is -2.71. The summed E-state index contributed by atoms with van der Waals surface area (Å²) in [6.45, 7) is 1.23. The van der Waals surface area contributed by atoms with Crippen LogP contribution in [-0.4, -0.2) is 37.0 Å². The average molecular weight is 474 g/mol. The lowest BCUT2D eigenvalue weighted by molar-refractivity contribution is -0.116. The van der Waals surface area contributed by atoms with Gasteiger partial charge in [-0.3, -0.25) is 9.59 Å². The largest absolute Gasteiger partial charge is 0.376 e. The number of hydrogen-bond donors (Lipinski definition) is 3. The quantitative estimate of drug-likeness (QED) is 0.496. The SMILES string of the molecule is O=C(CCC(=O)c1ccc(Br)cc1)Nc1ccc(NC(=O)NCC2CCCO2)cc1. The smallest absolute Gasteiger partial charge is 0.319 e. The molecular formula is C22H24BrN3O4. The second-order valence-electron chi connectivity index (χ2n) is 7.03. The average Bonchev–Trinajstić information content (AvgIpc) is 3.26. The van der Waals surface area contributed by atoms with Gasteiger partial charge in [0, 0.05) is 47.4 Å². The Balaban J connectivity index is 1.39. The lowest BCUT2D eigenvalue weighted by atomic mass is 10.1. The van der Waals surface area contributed by atoms with E-state index in [9.17, 15) is 14.4 Å². The zero-order valence-electron chi connectivity index (χ0n) is 16.4. The maximum Gasteiger partial charge on any atom is 0.319 e. The minimum absolute atomic E-state index is 0.0776. The van der Waals surface area contributed by atoms with Gasteiger partial charge in [0.1, 0.15) is 0 Å². The van der Waals surface area contributed by atoms with Crippen LogP contribution >= 0.6 is 15.9 Å². The summed E-state index contributed by atoms with van der Waals surface area (Å²) >= 11 is 3.33. The topological polar surface area (TPSA) is 96.5 Å². The van der Waals surface area contributed by atoms with E-state index in [0.717, 1.165) is 23.9 Å². The van der Waals surface area contributed by atoms with E-state index in [4.69, 9.17) is 4.74 Å². The Bertz CT molecular complexity index is 878. The molecule has 0 spiro atoms. The number of urea groups is 1. The van der Waals surface area contributed by atoms with Gasteiger partial charge in [0.25, 0.3) is 0 Å². The molecule has 0 saturated carbocycles. The Kier molecular flexibility index (Phi) is 7.98. The van der Waals surface area contributed by atoms with Crippen molar-refractivity contribution in [2.24, 2.45) is 0 Å². The molecule has 8 heteroatoms. The molecule has 1 saturated heterocycles. The number of carbonyl (C=O) groups excluding carboxylic acids is 3. The van der Waals surface area contributed by atoms with Crippen LogP contribution in [0.2, 0.25) is 0 Å². The number of nitrogens with one attached hydrogen (secondary N) is 3. The van der Waals surface area contributed by atoms with Crippen LogP contribution in [0.15, 0.2) is 53.0 Å². The van der Waals surface area contributed by atoms with Crippen molar-refractivity contribution in [1.82, 2.24) is 5.32 Å². The first kappa shape index (κ1) is 22.0. The van der Waals surface area contributed by atoms with Gasteiger partial charge in [0.05, 0.1) is 6.10 Å².